The molecule has 2 aromatic rings. The Kier molecular flexibility index (Phi) is 4.53. The van der Waals surface area contributed by atoms with E-state index in [9.17, 15) is 4.39 Å². The molecule has 100 valence electrons. The Morgan fingerprint density at radius 2 is 1.42 bits per heavy atom. The monoisotopic (exact) mass is 259 g/mol. The Hall–Kier alpha value is -1.87. The van der Waals surface area contributed by atoms with Gasteiger partial charge >= 0.3 is 0 Å². The quantitative estimate of drug-likeness (QED) is 0.896. The maximum atomic E-state index is 12.8. The first kappa shape index (κ1) is 13.6. The molecule has 0 saturated heterocycles. The van der Waals surface area contributed by atoms with Gasteiger partial charge in [0.05, 0.1) is 7.11 Å². The van der Waals surface area contributed by atoms with Crippen LogP contribution in [0.4, 0.5) is 4.39 Å². The average molecular weight is 259 g/mol. The summed E-state index contributed by atoms with van der Waals surface area (Å²) in [5.41, 5.74) is 8.36. The zero-order valence-electron chi connectivity index (χ0n) is 11.0. The van der Waals surface area contributed by atoms with Crippen LogP contribution in [0, 0.1) is 5.82 Å². The van der Waals surface area contributed by atoms with Gasteiger partial charge in [-0.2, -0.15) is 0 Å². The molecule has 0 aliphatic rings. The maximum absolute atomic E-state index is 12.8. The highest BCUT2D eigenvalue weighted by molar-refractivity contribution is 5.28. The summed E-state index contributed by atoms with van der Waals surface area (Å²) in [7, 11) is 1.65. The van der Waals surface area contributed by atoms with Crippen LogP contribution < -0.4 is 10.5 Å². The van der Waals surface area contributed by atoms with Gasteiger partial charge in [0.25, 0.3) is 0 Å². The number of methoxy groups -OCH3 is 1. The number of benzene rings is 2. The van der Waals surface area contributed by atoms with E-state index in [1.165, 1.54) is 17.7 Å². The van der Waals surface area contributed by atoms with Crippen molar-refractivity contribution < 1.29 is 9.13 Å². The van der Waals surface area contributed by atoms with E-state index < -0.39 is 0 Å². The van der Waals surface area contributed by atoms with E-state index >= 15 is 0 Å². The van der Waals surface area contributed by atoms with Crippen molar-refractivity contribution >= 4 is 0 Å². The summed E-state index contributed by atoms with van der Waals surface area (Å²) >= 11 is 0. The Morgan fingerprint density at radius 1 is 0.947 bits per heavy atom. The largest absolute Gasteiger partial charge is 0.497 e. The fourth-order valence-electron chi connectivity index (χ4n) is 2.06. The maximum Gasteiger partial charge on any atom is 0.123 e. The third kappa shape index (κ3) is 4.07. The van der Waals surface area contributed by atoms with Crippen LogP contribution >= 0.6 is 0 Å². The summed E-state index contributed by atoms with van der Waals surface area (Å²) in [6.45, 7) is 0. The Labute approximate surface area is 113 Å². The Balaban J connectivity index is 1.92. The van der Waals surface area contributed by atoms with Crippen molar-refractivity contribution in [1.29, 1.82) is 0 Å². The van der Waals surface area contributed by atoms with E-state index in [0.717, 1.165) is 24.2 Å². The van der Waals surface area contributed by atoms with E-state index in [4.69, 9.17) is 10.5 Å². The van der Waals surface area contributed by atoms with Gasteiger partial charge in [0.15, 0.2) is 0 Å². The molecule has 2 N–H and O–H groups in total. The van der Waals surface area contributed by atoms with E-state index in [1.807, 2.05) is 24.3 Å². The van der Waals surface area contributed by atoms with Gasteiger partial charge in [0.2, 0.25) is 0 Å². The molecule has 19 heavy (non-hydrogen) atoms. The predicted molar refractivity (Wildman–Crippen MR) is 74.8 cm³/mol. The van der Waals surface area contributed by atoms with Gasteiger partial charge in [0, 0.05) is 6.04 Å². The molecular weight excluding hydrogens is 241 g/mol. The SMILES string of the molecule is COc1ccc(C[C@H](N)Cc2ccc(F)cc2)cc1. The fourth-order valence-corrected chi connectivity index (χ4v) is 2.06. The Morgan fingerprint density at radius 3 is 1.89 bits per heavy atom. The minimum Gasteiger partial charge on any atom is -0.497 e. The summed E-state index contributed by atoms with van der Waals surface area (Å²) in [5.74, 6) is 0.628. The van der Waals surface area contributed by atoms with Gasteiger partial charge in [-0.05, 0) is 48.2 Å². The van der Waals surface area contributed by atoms with Crippen molar-refractivity contribution in [2.75, 3.05) is 7.11 Å². The molecular formula is C16H18FNO. The van der Waals surface area contributed by atoms with Gasteiger partial charge in [0.1, 0.15) is 11.6 Å². The molecule has 0 heterocycles. The van der Waals surface area contributed by atoms with E-state index in [0.29, 0.717) is 0 Å². The number of hydrogen-bond acceptors (Lipinski definition) is 2. The van der Waals surface area contributed by atoms with E-state index in [-0.39, 0.29) is 11.9 Å². The third-order valence-electron chi connectivity index (χ3n) is 3.07. The van der Waals surface area contributed by atoms with Crippen molar-refractivity contribution in [1.82, 2.24) is 0 Å². The molecule has 0 radical (unpaired) electrons. The van der Waals surface area contributed by atoms with Crippen molar-refractivity contribution in [3.8, 4) is 5.75 Å². The molecule has 0 aromatic heterocycles. The summed E-state index contributed by atoms with van der Waals surface area (Å²) in [5, 5.41) is 0. The lowest BCUT2D eigenvalue weighted by Gasteiger charge is -2.12. The summed E-state index contributed by atoms with van der Waals surface area (Å²) in [6.07, 6.45) is 1.54. The molecule has 0 aliphatic heterocycles. The lowest BCUT2D eigenvalue weighted by atomic mass is 10.00. The zero-order valence-corrected chi connectivity index (χ0v) is 11.0. The highest BCUT2D eigenvalue weighted by Gasteiger charge is 2.06. The van der Waals surface area contributed by atoms with E-state index in [2.05, 4.69) is 0 Å². The molecule has 2 nitrogen and oxygen atoms in total. The van der Waals surface area contributed by atoms with Crippen LogP contribution in [-0.4, -0.2) is 13.2 Å². The summed E-state index contributed by atoms with van der Waals surface area (Å²) < 4.78 is 17.9. The highest BCUT2D eigenvalue weighted by atomic mass is 19.1. The number of nitrogens with two attached hydrogens (primary N) is 1. The molecule has 0 unspecified atom stereocenters. The van der Waals surface area contributed by atoms with E-state index in [1.54, 1.807) is 19.2 Å². The Bertz CT molecular complexity index is 507. The van der Waals surface area contributed by atoms with Crippen molar-refractivity contribution in [3.63, 3.8) is 0 Å². The second kappa shape index (κ2) is 6.34. The summed E-state index contributed by atoms with van der Waals surface area (Å²) in [4.78, 5) is 0. The van der Waals surface area contributed by atoms with Gasteiger partial charge in [-0.3, -0.25) is 0 Å². The molecule has 0 saturated carbocycles. The van der Waals surface area contributed by atoms with Crippen LogP contribution in [0.2, 0.25) is 0 Å². The second-order valence-corrected chi connectivity index (χ2v) is 4.64. The topological polar surface area (TPSA) is 35.2 Å². The predicted octanol–water partition coefficient (Wildman–Crippen LogP) is 2.95. The number of hydrogen-bond donors (Lipinski definition) is 1. The van der Waals surface area contributed by atoms with Crippen LogP contribution in [0.15, 0.2) is 48.5 Å². The van der Waals surface area contributed by atoms with Crippen molar-refractivity contribution in [2.45, 2.75) is 18.9 Å². The summed E-state index contributed by atoms with van der Waals surface area (Å²) in [6, 6.07) is 14.4. The fraction of sp³-hybridized carbons (Fsp3) is 0.250. The lowest BCUT2D eigenvalue weighted by Crippen LogP contribution is -2.25. The van der Waals surface area contributed by atoms with Gasteiger partial charge in [-0.15, -0.1) is 0 Å². The smallest absolute Gasteiger partial charge is 0.123 e. The van der Waals surface area contributed by atoms with Crippen LogP contribution in [0.3, 0.4) is 0 Å². The van der Waals surface area contributed by atoms with Gasteiger partial charge in [-0.25, -0.2) is 4.39 Å². The molecule has 0 spiro atoms. The molecule has 2 rings (SSSR count). The molecule has 1 atom stereocenters. The number of rotatable bonds is 5. The minimum atomic E-state index is -0.215. The standard InChI is InChI=1S/C16H18FNO/c1-19-16-8-4-13(5-9-16)11-15(18)10-12-2-6-14(17)7-3-12/h2-9,15H,10-11,18H2,1H3/t15-/m1/s1. The molecule has 2 aromatic carbocycles. The molecule has 3 heteroatoms. The third-order valence-corrected chi connectivity index (χ3v) is 3.07. The highest BCUT2D eigenvalue weighted by Crippen LogP contribution is 2.14. The molecule has 0 bridgehead atoms. The van der Waals surface area contributed by atoms with Crippen LogP contribution in [0.25, 0.3) is 0 Å². The zero-order chi connectivity index (χ0) is 13.7. The van der Waals surface area contributed by atoms with Crippen molar-refractivity contribution in [2.24, 2.45) is 5.73 Å². The first-order valence-corrected chi connectivity index (χ1v) is 6.30. The van der Waals surface area contributed by atoms with Crippen LogP contribution in [0.1, 0.15) is 11.1 Å². The molecule has 0 aliphatic carbocycles. The lowest BCUT2D eigenvalue weighted by molar-refractivity contribution is 0.414. The average Bonchev–Trinajstić information content (AvgIpc) is 2.42. The number of halogens is 1. The van der Waals surface area contributed by atoms with Gasteiger partial charge < -0.3 is 10.5 Å². The van der Waals surface area contributed by atoms with Gasteiger partial charge in [-0.1, -0.05) is 24.3 Å². The second-order valence-electron chi connectivity index (χ2n) is 4.64. The minimum absolute atomic E-state index is 0.0267. The van der Waals surface area contributed by atoms with Crippen LogP contribution in [0.5, 0.6) is 5.75 Å². The first-order valence-electron chi connectivity index (χ1n) is 6.30. The number of ether oxygens (including phenoxy) is 1. The first-order chi connectivity index (χ1) is 9.17. The normalized spacial score (nSPS) is 12.2. The molecule has 0 fully saturated rings. The van der Waals surface area contributed by atoms with Crippen LogP contribution in [-0.2, 0) is 12.8 Å². The molecule has 0 amide bonds. The van der Waals surface area contributed by atoms with Crippen molar-refractivity contribution in [3.05, 3.63) is 65.5 Å².